The third-order valence-corrected chi connectivity index (χ3v) is 2.53. The predicted molar refractivity (Wildman–Crippen MR) is 58.1 cm³/mol. The molecule has 1 atom stereocenters. The largest absolute Gasteiger partial charge is 0.299 e. The number of aldehydes is 1. The Labute approximate surface area is 92.1 Å². The van der Waals surface area contributed by atoms with E-state index >= 15 is 0 Å². The first-order chi connectivity index (χ1) is 7.64. The minimum atomic E-state index is -2.19. The Morgan fingerprint density at radius 2 is 1.94 bits per heavy atom. The lowest BCUT2D eigenvalue weighted by Gasteiger charge is -2.19. The van der Waals surface area contributed by atoms with E-state index in [4.69, 9.17) is 0 Å². The van der Waals surface area contributed by atoms with Gasteiger partial charge in [0.05, 0.1) is 0 Å². The Hall–Kier alpha value is -1.77. The van der Waals surface area contributed by atoms with Gasteiger partial charge in [-0.15, -0.1) is 0 Å². The van der Waals surface area contributed by atoms with Gasteiger partial charge in [-0.3, -0.25) is 4.79 Å². The van der Waals surface area contributed by atoms with E-state index in [-0.39, 0.29) is 6.29 Å². The molecule has 0 saturated carbocycles. The molecular weight excluding hydrogens is 210 g/mol. The van der Waals surface area contributed by atoms with Crippen LogP contribution in [0.2, 0.25) is 0 Å². The molecule has 82 valence electrons. The minimum absolute atomic E-state index is 0.130. The van der Waals surface area contributed by atoms with Crippen LogP contribution in [0, 0.1) is 0 Å². The second-order valence-corrected chi connectivity index (χ2v) is 3.74. The van der Waals surface area contributed by atoms with Gasteiger partial charge in [0.25, 0.3) is 0 Å². The molecule has 0 N–H and O–H groups in total. The van der Waals surface area contributed by atoms with E-state index in [1.165, 1.54) is 6.08 Å². The highest BCUT2D eigenvalue weighted by Gasteiger charge is 2.32. The zero-order chi connectivity index (χ0) is 11.6. The van der Waals surface area contributed by atoms with Gasteiger partial charge in [0.1, 0.15) is 5.83 Å². The van der Waals surface area contributed by atoms with E-state index in [9.17, 15) is 13.6 Å². The third-order valence-electron chi connectivity index (χ3n) is 2.53. The molecule has 0 spiro atoms. The molecule has 0 heterocycles. The highest BCUT2D eigenvalue weighted by molar-refractivity contribution is 5.81. The number of carbonyl (C=O) groups excluding carboxylic acids is 1. The second kappa shape index (κ2) is 4.00. The van der Waals surface area contributed by atoms with Crippen molar-refractivity contribution in [3.63, 3.8) is 0 Å². The molecule has 2 rings (SSSR count). The van der Waals surface area contributed by atoms with Crippen molar-refractivity contribution in [2.45, 2.75) is 12.1 Å². The molecule has 16 heavy (non-hydrogen) atoms. The van der Waals surface area contributed by atoms with E-state index in [2.05, 4.69) is 0 Å². The van der Waals surface area contributed by atoms with Crippen LogP contribution in [0.3, 0.4) is 0 Å². The van der Waals surface area contributed by atoms with Gasteiger partial charge < -0.3 is 0 Å². The van der Waals surface area contributed by atoms with Crippen LogP contribution in [0.5, 0.6) is 0 Å². The first-order valence-corrected chi connectivity index (χ1v) is 4.93. The quantitative estimate of drug-likeness (QED) is 0.699. The molecule has 0 saturated heterocycles. The number of benzene rings is 1. The maximum Gasteiger partial charge on any atom is 0.190 e. The lowest BCUT2D eigenvalue weighted by molar-refractivity contribution is -0.115. The van der Waals surface area contributed by atoms with Crippen molar-refractivity contribution >= 4 is 11.9 Å². The van der Waals surface area contributed by atoms with Crippen LogP contribution in [0.4, 0.5) is 8.78 Å². The van der Waals surface area contributed by atoms with Crippen molar-refractivity contribution in [1.29, 1.82) is 0 Å². The summed E-state index contributed by atoms with van der Waals surface area (Å²) in [6, 6.07) is 8.86. The first kappa shape index (κ1) is 10.7. The van der Waals surface area contributed by atoms with Crippen LogP contribution in [-0.2, 0) is 4.79 Å². The first-order valence-electron chi connectivity index (χ1n) is 4.93. The molecule has 0 bridgehead atoms. The number of allylic oxidation sites excluding steroid dienone is 4. The molecule has 1 unspecified atom stereocenters. The maximum atomic E-state index is 13.6. The Morgan fingerprint density at radius 1 is 1.25 bits per heavy atom. The second-order valence-electron chi connectivity index (χ2n) is 3.74. The van der Waals surface area contributed by atoms with E-state index < -0.39 is 17.9 Å². The average Bonchev–Trinajstić information content (AvgIpc) is 2.30. The van der Waals surface area contributed by atoms with Crippen LogP contribution >= 0.6 is 0 Å². The predicted octanol–water partition coefficient (Wildman–Crippen LogP) is 3.23. The van der Waals surface area contributed by atoms with Crippen LogP contribution in [-0.4, -0.2) is 12.0 Å². The highest BCUT2D eigenvalue weighted by atomic mass is 19.1. The van der Waals surface area contributed by atoms with E-state index in [0.29, 0.717) is 11.1 Å². The topological polar surface area (TPSA) is 17.1 Å². The number of rotatable bonds is 2. The van der Waals surface area contributed by atoms with Gasteiger partial charge >= 0.3 is 0 Å². The van der Waals surface area contributed by atoms with Crippen molar-refractivity contribution in [2.24, 2.45) is 0 Å². The Balaban J connectivity index is 2.37. The molecule has 1 aliphatic carbocycles. The zero-order valence-corrected chi connectivity index (χ0v) is 8.49. The maximum absolute atomic E-state index is 13.6. The molecular formula is C13H10F2O. The molecule has 1 aromatic carbocycles. The summed E-state index contributed by atoms with van der Waals surface area (Å²) >= 11 is 0. The number of halogens is 2. The fraction of sp³-hybridized carbons (Fsp3) is 0.154. The molecule has 1 aliphatic rings. The summed E-state index contributed by atoms with van der Waals surface area (Å²) in [6.45, 7) is 0. The van der Waals surface area contributed by atoms with Gasteiger partial charge in [0, 0.05) is 12.0 Å². The van der Waals surface area contributed by atoms with Gasteiger partial charge in [0.15, 0.2) is 12.0 Å². The number of hydrogen-bond donors (Lipinski definition) is 0. The normalized spacial score (nSPS) is 24.6. The van der Waals surface area contributed by atoms with Gasteiger partial charge in [-0.1, -0.05) is 36.4 Å². The molecule has 0 fully saturated rings. The van der Waals surface area contributed by atoms with E-state index in [1.807, 2.05) is 6.07 Å². The molecule has 1 aromatic rings. The monoisotopic (exact) mass is 220 g/mol. The summed E-state index contributed by atoms with van der Waals surface area (Å²) in [6.07, 6.45) is 2.04. The number of alkyl halides is 1. The van der Waals surface area contributed by atoms with Crippen molar-refractivity contribution in [1.82, 2.24) is 0 Å². The van der Waals surface area contributed by atoms with Crippen LogP contribution in [0.1, 0.15) is 12.0 Å². The Kier molecular flexibility index (Phi) is 2.69. The van der Waals surface area contributed by atoms with Gasteiger partial charge in [-0.2, -0.15) is 0 Å². The van der Waals surface area contributed by atoms with Gasteiger partial charge in [-0.05, 0) is 11.6 Å². The summed E-state index contributed by atoms with van der Waals surface area (Å²) in [4.78, 5) is 10.5. The Bertz CT molecular complexity index is 462. The van der Waals surface area contributed by atoms with E-state index in [1.54, 1.807) is 24.3 Å². The molecule has 0 amide bonds. The summed E-state index contributed by atoms with van der Waals surface area (Å²) in [7, 11) is 0. The summed E-state index contributed by atoms with van der Waals surface area (Å²) in [5, 5.41) is 0. The summed E-state index contributed by atoms with van der Waals surface area (Å²) in [5.41, 5.74) is -1.16. The smallest absolute Gasteiger partial charge is 0.190 e. The minimum Gasteiger partial charge on any atom is -0.299 e. The van der Waals surface area contributed by atoms with Crippen LogP contribution < -0.4 is 0 Å². The van der Waals surface area contributed by atoms with Crippen molar-refractivity contribution in [3.8, 4) is 0 Å². The van der Waals surface area contributed by atoms with Crippen LogP contribution in [0.15, 0.2) is 48.3 Å². The van der Waals surface area contributed by atoms with Crippen molar-refractivity contribution in [3.05, 3.63) is 53.9 Å². The SMILES string of the molecule is O=CC1(F)C=CC(c2ccccc2)=C(F)C1. The summed E-state index contributed by atoms with van der Waals surface area (Å²) in [5.74, 6) is -0.594. The average molecular weight is 220 g/mol. The highest BCUT2D eigenvalue weighted by Crippen LogP contribution is 2.34. The van der Waals surface area contributed by atoms with Crippen molar-refractivity contribution < 1.29 is 13.6 Å². The van der Waals surface area contributed by atoms with Gasteiger partial charge in [0.2, 0.25) is 0 Å². The van der Waals surface area contributed by atoms with Gasteiger partial charge in [-0.25, -0.2) is 8.78 Å². The molecule has 3 heteroatoms. The lowest BCUT2D eigenvalue weighted by atomic mass is 9.91. The molecule has 1 nitrogen and oxygen atoms in total. The van der Waals surface area contributed by atoms with Crippen molar-refractivity contribution in [2.75, 3.05) is 0 Å². The molecule has 0 aliphatic heterocycles. The molecule has 0 radical (unpaired) electrons. The summed E-state index contributed by atoms with van der Waals surface area (Å²) < 4.78 is 27.2. The zero-order valence-electron chi connectivity index (χ0n) is 8.49. The fourth-order valence-corrected chi connectivity index (χ4v) is 1.66. The lowest BCUT2D eigenvalue weighted by Crippen LogP contribution is -2.24. The standard InChI is InChI=1S/C13H10F2O/c14-12-8-13(15,9-16)7-6-11(12)10-4-2-1-3-5-10/h1-7,9H,8H2. The Morgan fingerprint density at radius 3 is 2.50 bits per heavy atom. The van der Waals surface area contributed by atoms with E-state index in [0.717, 1.165) is 6.08 Å². The third kappa shape index (κ3) is 1.94. The molecule has 0 aromatic heterocycles. The fourth-order valence-electron chi connectivity index (χ4n) is 1.66. The number of hydrogen-bond acceptors (Lipinski definition) is 1. The number of carbonyl (C=O) groups is 1. The van der Waals surface area contributed by atoms with Crippen LogP contribution in [0.25, 0.3) is 5.57 Å².